The first-order valence-corrected chi connectivity index (χ1v) is 6.05. The first-order chi connectivity index (χ1) is 8.36. The molecule has 0 fully saturated rings. The summed E-state index contributed by atoms with van der Waals surface area (Å²) in [4.78, 5) is 12.3. The highest BCUT2D eigenvalue weighted by molar-refractivity contribution is 6.08. The summed E-state index contributed by atoms with van der Waals surface area (Å²) in [6.07, 6.45) is 3.66. The lowest BCUT2D eigenvalue weighted by Crippen LogP contribution is -2.25. The molecule has 0 saturated carbocycles. The molecule has 0 spiro atoms. The van der Waals surface area contributed by atoms with Gasteiger partial charge >= 0.3 is 0 Å². The third kappa shape index (κ3) is 1.87. The molecule has 3 nitrogen and oxygen atoms in total. The van der Waals surface area contributed by atoms with Crippen LogP contribution in [0.2, 0.25) is 0 Å². The molecule has 1 aromatic carbocycles. The predicted octanol–water partition coefficient (Wildman–Crippen LogP) is 1.82. The number of carbonyl (C=O) groups excluding carboxylic acids is 1. The van der Waals surface area contributed by atoms with E-state index in [9.17, 15) is 4.79 Å². The molecule has 1 N–H and O–H groups in total. The van der Waals surface area contributed by atoms with Crippen molar-refractivity contribution in [1.82, 2.24) is 5.32 Å². The highest BCUT2D eigenvalue weighted by Crippen LogP contribution is 2.23. The summed E-state index contributed by atoms with van der Waals surface area (Å²) >= 11 is 0. The fourth-order valence-corrected chi connectivity index (χ4v) is 2.45. The van der Waals surface area contributed by atoms with Gasteiger partial charge in [0.25, 0.3) is 0 Å². The zero-order chi connectivity index (χ0) is 11.7. The topological polar surface area (TPSA) is 38.3 Å². The Hall–Kier alpha value is -1.61. The van der Waals surface area contributed by atoms with Crippen molar-refractivity contribution in [2.24, 2.45) is 0 Å². The van der Waals surface area contributed by atoms with Gasteiger partial charge in [-0.05, 0) is 30.2 Å². The summed E-state index contributed by atoms with van der Waals surface area (Å²) in [5, 5.41) is 3.32. The SMILES string of the molecule is O=C(C1=CCCO1)c1cccc2c1CCNC2. The van der Waals surface area contributed by atoms with Crippen LogP contribution in [0.3, 0.4) is 0 Å². The number of carbonyl (C=O) groups is 1. The van der Waals surface area contributed by atoms with Crippen LogP contribution >= 0.6 is 0 Å². The maximum Gasteiger partial charge on any atom is 0.227 e. The number of benzene rings is 1. The average Bonchev–Trinajstić information content (AvgIpc) is 2.91. The van der Waals surface area contributed by atoms with Gasteiger partial charge in [0.1, 0.15) is 0 Å². The van der Waals surface area contributed by atoms with Gasteiger partial charge in [0.05, 0.1) is 6.61 Å². The Labute approximate surface area is 100 Å². The van der Waals surface area contributed by atoms with E-state index in [-0.39, 0.29) is 5.78 Å². The Balaban J connectivity index is 1.99. The molecule has 0 atom stereocenters. The lowest BCUT2D eigenvalue weighted by Gasteiger charge is -2.19. The van der Waals surface area contributed by atoms with Crippen LogP contribution < -0.4 is 5.32 Å². The molecule has 3 rings (SSSR count). The average molecular weight is 229 g/mol. The van der Waals surface area contributed by atoms with Gasteiger partial charge in [0.15, 0.2) is 5.76 Å². The Kier molecular flexibility index (Phi) is 2.69. The minimum absolute atomic E-state index is 0.0428. The molecule has 0 saturated heterocycles. The lowest BCUT2D eigenvalue weighted by atomic mass is 9.93. The van der Waals surface area contributed by atoms with Gasteiger partial charge in [-0.25, -0.2) is 0 Å². The van der Waals surface area contributed by atoms with Gasteiger partial charge in [-0.15, -0.1) is 0 Å². The normalized spacial score (nSPS) is 18.2. The van der Waals surface area contributed by atoms with Crippen LogP contribution in [0.5, 0.6) is 0 Å². The molecule has 0 radical (unpaired) electrons. The molecule has 0 amide bonds. The minimum Gasteiger partial charge on any atom is -0.489 e. The van der Waals surface area contributed by atoms with Crippen LogP contribution in [0, 0.1) is 0 Å². The minimum atomic E-state index is 0.0428. The summed E-state index contributed by atoms with van der Waals surface area (Å²) in [5.41, 5.74) is 3.24. The maximum atomic E-state index is 12.3. The molecule has 0 bridgehead atoms. The number of ether oxygens (including phenoxy) is 1. The molecule has 88 valence electrons. The number of fused-ring (bicyclic) bond motifs is 1. The molecule has 2 aliphatic rings. The standard InChI is InChI=1S/C14H15NO2/c16-14(13-5-2-8-17-13)12-4-1-3-10-9-15-7-6-11(10)12/h1,3-5,15H,2,6-9H2. The molecule has 2 heterocycles. The molecule has 0 unspecified atom stereocenters. The van der Waals surface area contributed by atoms with Gasteiger partial charge in [-0.2, -0.15) is 0 Å². The van der Waals surface area contributed by atoms with Crippen molar-refractivity contribution in [3.05, 3.63) is 46.7 Å². The largest absolute Gasteiger partial charge is 0.489 e. The smallest absolute Gasteiger partial charge is 0.227 e. The number of rotatable bonds is 2. The molecular formula is C14H15NO2. The van der Waals surface area contributed by atoms with Gasteiger partial charge in [-0.1, -0.05) is 18.2 Å². The van der Waals surface area contributed by atoms with E-state index < -0.39 is 0 Å². The molecule has 17 heavy (non-hydrogen) atoms. The summed E-state index contributed by atoms with van der Waals surface area (Å²) in [5.74, 6) is 0.568. The Morgan fingerprint density at radius 3 is 3.12 bits per heavy atom. The van der Waals surface area contributed by atoms with Crippen molar-refractivity contribution in [2.75, 3.05) is 13.2 Å². The number of ketones is 1. The van der Waals surface area contributed by atoms with E-state index in [1.165, 1.54) is 11.1 Å². The Morgan fingerprint density at radius 1 is 1.35 bits per heavy atom. The van der Waals surface area contributed by atoms with Gasteiger partial charge in [0.2, 0.25) is 5.78 Å². The van der Waals surface area contributed by atoms with Crippen LogP contribution in [0.4, 0.5) is 0 Å². The quantitative estimate of drug-likeness (QED) is 0.786. The second-order valence-electron chi connectivity index (χ2n) is 4.40. The van der Waals surface area contributed by atoms with Crippen LogP contribution in [0.25, 0.3) is 0 Å². The van der Waals surface area contributed by atoms with Crippen molar-refractivity contribution in [2.45, 2.75) is 19.4 Å². The van der Waals surface area contributed by atoms with Gasteiger partial charge in [0, 0.05) is 18.5 Å². The molecule has 3 heteroatoms. The fourth-order valence-electron chi connectivity index (χ4n) is 2.45. The van der Waals surface area contributed by atoms with E-state index >= 15 is 0 Å². The molecule has 0 aromatic heterocycles. The maximum absolute atomic E-state index is 12.3. The summed E-state index contributed by atoms with van der Waals surface area (Å²) in [6, 6.07) is 5.95. The third-order valence-electron chi connectivity index (χ3n) is 3.31. The second kappa shape index (κ2) is 4.34. The summed E-state index contributed by atoms with van der Waals surface area (Å²) < 4.78 is 5.36. The van der Waals surface area contributed by atoms with Crippen LogP contribution in [0.1, 0.15) is 27.9 Å². The molecule has 2 aliphatic heterocycles. The van der Waals surface area contributed by atoms with Crippen molar-refractivity contribution < 1.29 is 9.53 Å². The van der Waals surface area contributed by atoms with Crippen molar-refractivity contribution in [3.8, 4) is 0 Å². The van der Waals surface area contributed by atoms with E-state index in [1.807, 2.05) is 18.2 Å². The van der Waals surface area contributed by atoms with Crippen LogP contribution in [0.15, 0.2) is 30.0 Å². The van der Waals surface area contributed by atoms with Crippen molar-refractivity contribution >= 4 is 5.78 Å². The third-order valence-corrected chi connectivity index (χ3v) is 3.31. The monoisotopic (exact) mass is 229 g/mol. The molecule has 0 aliphatic carbocycles. The second-order valence-corrected chi connectivity index (χ2v) is 4.40. The fraction of sp³-hybridized carbons (Fsp3) is 0.357. The van der Waals surface area contributed by atoms with Gasteiger partial charge in [-0.3, -0.25) is 4.79 Å². The van der Waals surface area contributed by atoms with Crippen LogP contribution in [-0.2, 0) is 17.7 Å². The summed E-state index contributed by atoms with van der Waals surface area (Å²) in [6.45, 7) is 2.44. The first-order valence-electron chi connectivity index (χ1n) is 6.05. The highest BCUT2D eigenvalue weighted by atomic mass is 16.5. The van der Waals surface area contributed by atoms with Gasteiger partial charge < -0.3 is 10.1 Å². The van der Waals surface area contributed by atoms with Crippen LogP contribution in [-0.4, -0.2) is 18.9 Å². The summed E-state index contributed by atoms with van der Waals surface area (Å²) in [7, 11) is 0. The number of nitrogens with one attached hydrogen (secondary N) is 1. The Morgan fingerprint density at radius 2 is 2.29 bits per heavy atom. The predicted molar refractivity (Wildman–Crippen MR) is 64.8 cm³/mol. The van der Waals surface area contributed by atoms with E-state index in [0.29, 0.717) is 12.4 Å². The zero-order valence-corrected chi connectivity index (χ0v) is 9.66. The first kappa shape index (κ1) is 10.5. The Bertz CT molecular complexity index is 491. The lowest BCUT2D eigenvalue weighted by molar-refractivity contribution is 0.0941. The van der Waals surface area contributed by atoms with E-state index in [2.05, 4.69) is 11.4 Å². The molecule has 1 aromatic rings. The number of hydrogen-bond acceptors (Lipinski definition) is 3. The van der Waals surface area contributed by atoms with Crippen molar-refractivity contribution in [3.63, 3.8) is 0 Å². The number of allylic oxidation sites excluding steroid dienone is 1. The number of hydrogen-bond donors (Lipinski definition) is 1. The van der Waals surface area contributed by atoms with Crippen molar-refractivity contribution in [1.29, 1.82) is 0 Å². The van der Waals surface area contributed by atoms with E-state index in [4.69, 9.17) is 4.74 Å². The molecular weight excluding hydrogens is 214 g/mol. The highest BCUT2D eigenvalue weighted by Gasteiger charge is 2.22. The zero-order valence-electron chi connectivity index (χ0n) is 9.66. The number of Topliss-reactive ketones (excluding diaryl/α,β-unsaturated/α-hetero) is 1. The van der Waals surface area contributed by atoms with E-state index in [1.54, 1.807) is 0 Å². The van der Waals surface area contributed by atoms with E-state index in [0.717, 1.165) is 31.5 Å².